The third-order valence-corrected chi connectivity index (χ3v) is 5.87. The molecule has 1 rings (SSSR count). The Balaban J connectivity index is 2.90. The van der Waals surface area contributed by atoms with Gasteiger partial charge in [0.25, 0.3) is 0 Å². The fourth-order valence-corrected chi connectivity index (χ4v) is 3.74. The summed E-state index contributed by atoms with van der Waals surface area (Å²) >= 11 is 3.70. The third kappa shape index (κ3) is 10.4. The zero-order valence-electron chi connectivity index (χ0n) is 17.9. The first kappa shape index (κ1) is 27.2. The molecule has 10 heteroatoms. The maximum atomic E-state index is 12.9. The van der Waals surface area contributed by atoms with E-state index < -0.39 is 35.9 Å². The van der Waals surface area contributed by atoms with Crippen LogP contribution >= 0.6 is 34.4 Å². The van der Waals surface area contributed by atoms with Crippen LogP contribution in [0.1, 0.15) is 32.3 Å². The smallest absolute Gasteiger partial charge is 0.326 e. The fraction of sp³-hybridized carbons (Fsp3) is 0.524. The zero-order chi connectivity index (χ0) is 23.4. The molecule has 0 saturated carbocycles. The Hall–Kier alpha value is -1.82. The first-order valence-corrected chi connectivity index (χ1v) is 12.4. The molecule has 8 nitrogen and oxygen atoms in total. The van der Waals surface area contributed by atoms with Gasteiger partial charge in [-0.05, 0) is 71.1 Å². The maximum Gasteiger partial charge on any atom is 0.326 e. The molecule has 0 aromatic heterocycles. The van der Waals surface area contributed by atoms with Gasteiger partial charge >= 0.3 is 5.97 Å². The lowest BCUT2D eigenvalue weighted by Crippen LogP contribution is -2.55. The summed E-state index contributed by atoms with van der Waals surface area (Å²) in [6, 6.07) is 4.59. The summed E-state index contributed by atoms with van der Waals surface area (Å²) < 4.78 is 1.02. The summed E-state index contributed by atoms with van der Waals surface area (Å²) in [5.41, 5.74) is 0.782. The second kappa shape index (κ2) is 14.3. The van der Waals surface area contributed by atoms with Crippen LogP contribution in [0.2, 0.25) is 0 Å². The van der Waals surface area contributed by atoms with E-state index >= 15 is 0 Å². The summed E-state index contributed by atoms with van der Waals surface area (Å²) in [6.07, 6.45) is 3.24. The van der Waals surface area contributed by atoms with E-state index in [-0.39, 0.29) is 12.3 Å². The normalized spacial score (nSPS) is 13.7. The molecule has 172 valence electrons. The Labute approximate surface area is 200 Å². The molecule has 0 aliphatic rings. The van der Waals surface area contributed by atoms with Crippen LogP contribution in [0.25, 0.3) is 0 Å². The van der Waals surface area contributed by atoms with Crippen LogP contribution in [0, 0.1) is 9.49 Å². The summed E-state index contributed by atoms with van der Waals surface area (Å²) in [7, 11) is 0. The molecule has 4 N–H and O–H groups in total. The number of hydrogen-bond acceptors (Lipinski definition) is 5. The number of carboxylic acids is 1. The zero-order valence-corrected chi connectivity index (χ0v) is 20.9. The van der Waals surface area contributed by atoms with Gasteiger partial charge in [-0.15, -0.1) is 0 Å². The molecule has 0 spiro atoms. The molecule has 1 aromatic rings. The van der Waals surface area contributed by atoms with Gasteiger partial charge in [0.2, 0.25) is 18.2 Å². The van der Waals surface area contributed by atoms with Crippen LogP contribution in [-0.4, -0.2) is 59.4 Å². The lowest BCUT2D eigenvalue weighted by molar-refractivity contribution is -0.142. The Morgan fingerprint density at radius 1 is 1.06 bits per heavy atom. The van der Waals surface area contributed by atoms with Gasteiger partial charge in [-0.1, -0.05) is 26.0 Å². The van der Waals surface area contributed by atoms with Gasteiger partial charge in [-0.25, -0.2) is 4.79 Å². The number of carboxylic acid groups (broad SMARTS) is 1. The molecule has 0 saturated heterocycles. The van der Waals surface area contributed by atoms with Crippen LogP contribution < -0.4 is 16.0 Å². The third-order valence-electron chi connectivity index (χ3n) is 4.50. The van der Waals surface area contributed by atoms with E-state index in [2.05, 4.69) is 38.5 Å². The molecule has 31 heavy (non-hydrogen) atoms. The van der Waals surface area contributed by atoms with Crippen molar-refractivity contribution in [3.05, 3.63) is 33.4 Å². The van der Waals surface area contributed by atoms with Gasteiger partial charge in [0.05, 0.1) is 0 Å². The van der Waals surface area contributed by atoms with E-state index in [1.54, 1.807) is 11.8 Å². The van der Waals surface area contributed by atoms with Crippen molar-refractivity contribution in [1.82, 2.24) is 16.0 Å². The van der Waals surface area contributed by atoms with Gasteiger partial charge in [-0.2, -0.15) is 11.8 Å². The van der Waals surface area contributed by atoms with E-state index in [0.717, 1.165) is 9.13 Å². The standard InChI is InChI=1S/C21H30IN3O5S/c1-13(2)10-17(24-19(27)16(23-12-26)8-9-31-3)20(28)25-18(21(29)30)11-14-4-6-15(22)7-5-14/h4-7,12-13,16-18H,8-11H2,1-3H3,(H,23,26)(H,24,27)(H,25,28)(H,29,30)/t16-,17+,18-/m1/s1. The topological polar surface area (TPSA) is 125 Å². The number of benzene rings is 1. The van der Waals surface area contributed by atoms with Gasteiger partial charge < -0.3 is 21.1 Å². The van der Waals surface area contributed by atoms with Crippen molar-refractivity contribution in [3.63, 3.8) is 0 Å². The molecule has 0 fully saturated rings. The highest BCUT2D eigenvalue weighted by Crippen LogP contribution is 2.11. The number of amides is 3. The molecule has 3 atom stereocenters. The highest BCUT2D eigenvalue weighted by Gasteiger charge is 2.29. The molecule has 3 amide bonds. The second-order valence-electron chi connectivity index (χ2n) is 7.54. The van der Waals surface area contributed by atoms with E-state index in [1.807, 2.05) is 44.4 Å². The van der Waals surface area contributed by atoms with Crippen LogP contribution in [0.15, 0.2) is 24.3 Å². The van der Waals surface area contributed by atoms with Crippen molar-refractivity contribution < 1.29 is 24.3 Å². The maximum absolute atomic E-state index is 12.9. The molecule has 0 heterocycles. The van der Waals surface area contributed by atoms with Gasteiger partial charge in [0.1, 0.15) is 18.1 Å². The van der Waals surface area contributed by atoms with Gasteiger partial charge in [0.15, 0.2) is 0 Å². The predicted octanol–water partition coefficient (Wildman–Crippen LogP) is 1.80. The molecular weight excluding hydrogens is 533 g/mol. The summed E-state index contributed by atoms with van der Waals surface area (Å²) in [5.74, 6) is -1.43. The first-order chi connectivity index (χ1) is 14.7. The molecular formula is C21H30IN3O5S. The summed E-state index contributed by atoms with van der Waals surface area (Å²) in [4.78, 5) is 48.1. The lowest BCUT2D eigenvalue weighted by atomic mass is 10.0. The quantitative estimate of drug-likeness (QED) is 0.202. The van der Waals surface area contributed by atoms with Crippen molar-refractivity contribution in [2.24, 2.45) is 5.92 Å². The van der Waals surface area contributed by atoms with Crippen molar-refractivity contribution in [2.75, 3.05) is 12.0 Å². The SMILES string of the molecule is CSCC[C@@H](NC=O)C(=O)N[C@@H](CC(C)C)C(=O)N[C@H](Cc1ccc(I)cc1)C(=O)O. The number of halogens is 1. The minimum Gasteiger partial charge on any atom is -0.480 e. The number of nitrogens with one attached hydrogen (secondary N) is 3. The molecule has 0 bridgehead atoms. The number of thioether (sulfide) groups is 1. The minimum absolute atomic E-state index is 0.0826. The predicted molar refractivity (Wildman–Crippen MR) is 130 cm³/mol. The van der Waals surface area contributed by atoms with Gasteiger partial charge in [-0.3, -0.25) is 14.4 Å². The molecule has 0 unspecified atom stereocenters. The number of rotatable bonds is 14. The van der Waals surface area contributed by atoms with Crippen molar-refractivity contribution in [1.29, 1.82) is 0 Å². The Morgan fingerprint density at radius 3 is 2.16 bits per heavy atom. The average molecular weight is 563 g/mol. The van der Waals surface area contributed by atoms with Gasteiger partial charge in [0, 0.05) is 9.99 Å². The Kier molecular flexibility index (Phi) is 12.5. The fourth-order valence-electron chi connectivity index (χ4n) is 2.91. The average Bonchev–Trinajstić information content (AvgIpc) is 2.71. The van der Waals surface area contributed by atoms with E-state index in [4.69, 9.17) is 0 Å². The summed E-state index contributed by atoms with van der Waals surface area (Å²) in [6.45, 7) is 3.81. The number of hydrogen-bond donors (Lipinski definition) is 4. The van der Waals surface area contributed by atoms with E-state index in [9.17, 15) is 24.3 Å². The Bertz CT molecular complexity index is 745. The van der Waals surface area contributed by atoms with Crippen LogP contribution in [0.4, 0.5) is 0 Å². The number of aliphatic carboxylic acids is 1. The molecule has 1 aromatic carbocycles. The lowest BCUT2D eigenvalue weighted by Gasteiger charge is -2.25. The number of carbonyl (C=O) groups is 4. The molecule has 0 radical (unpaired) electrons. The monoisotopic (exact) mass is 563 g/mol. The molecule has 0 aliphatic carbocycles. The van der Waals surface area contributed by atoms with Crippen LogP contribution in [-0.2, 0) is 25.6 Å². The van der Waals surface area contributed by atoms with Crippen molar-refractivity contribution >= 4 is 58.5 Å². The number of carbonyl (C=O) groups excluding carboxylic acids is 3. The highest BCUT2D eigenvalue weighted by atomic mass is 127. The van der Waals surface area contributed by atoms with E-state index in [1.165, 1.54) is 0 Å². The second-order valence-corrected chi connectivity index (χ2v) is 9.77. The molecule has 0 aliphatic heterocycles. The summed E-state index contributed by atoms with van der Waals surface area (Å²) in [5, 5.41) is 17.3. The highest BCUT2D eigenvalue weighted by molar-refractivity contribution is 14.1. The minimum atomic E-state index is -1.15. The van der Waals surface area contributed by atoms with Crippen LogP contribution in [0.3, 0.4) is 0 Å². The van der Waals surface area contributed by atoms with Crippen molar-refractivity contribution in [2.45, 2.75) is 51.2 Å². The van der Waals surface area contributed by atoms with E-state index in [0.29, 0.717) is 25.0 Å². The largest absolute Gasteiger partial charge is 0.480 e. The van der Waals surface area contributed by atoms with Crippen LogP contribution in [0.5, 0.6) is 0 Å². The van der Waals surface area contributed by atoms with Crippen molar-refractivity contribution in [3.8, 4) is 0 Å². The Morgan fingerprint density at radius 2 is 1.65 bits per heavy atom. The first-order valence-electron chi connectivity index (χ1n) is 9.94.